The fraction of sp³-hybridized carbons (Fsp3) is 0.647. The van der Waals surface area contributed by atoms with E-state index in [4.69, 9.17) is 0 Å². The van der Waals surface area contributed by atoms with Crippen molar-refractivity contribution >= 4 is 5.82 Å². The van der Waals surface area contributed by atoms with E-state index in [1.165, 1.54) is 32.1 Å². The van der Waals surface area contributed by atoms with Crippen molar-refractivity contribution in [3.8, 4) is 0 Å². The van der Waals surface area contributed by atoms with Crippen LogP contribution >= 0.6 is 0 Å². The first-order valence-corrected chi connectivity index (χ1v) is 8.58. The van der Waals surface area contributed by atoms with Gasteiger partial charge in [0.25, 0.3) is 0 Å². The maximum absolute atomic E-state index is 4.58. The average Bonchev–Trinajstić information content (AvgIpc) is 3.00. The lowest BCUT2D eigenvalue weighted by Crippen LogP contribution is -2.62. The van der Waals surface area contributed by atoms with Crippen molar-refractivity contribution in [1.29, 1.82) is 0 Å². The van der Waals surface area contributed by atoms with Crippen LogP contribution in [-0.2, 0) is 5.54 Å². The van der Waals surface area contributed by atoms with Gasteiger partial charge in [0.2, 0.25) is 0 Å². The summed E-state index contributed by atoms with van der Waals surface area (Å²) in [6.45, 7) is 1.95. The fourth-order valence-electron chi connectivity index (χ4n) is 5.88. The molecular formula is C17H22N6. The van der Waals surface area contributed by atoms with E-state index in [2.05, 4.69) is 30.0 Å². The molecule has 4 saturated carbocycles. The van der Waals surface area contributed by atoms with Gasteiger partial charge in [-0.25, -0.2) is 19.6 Å². The summed E-state index contributed by atoms with van der Waals surface area (Å²) in [5.74, 6) is 3.37. The summed E-state index contributed by atoms with van der Waals surface area (Å²) < 4.78 is 2.14. The summed E-state index contributed by atoms with van der Waals surface area (Å²) in [5, 5.41) is 8.31. The summed E-state index contributed by atoms with van der Waals surface area (Å²) in [4.78, 5) is 13.0. The molecule has 2 unspecified atom stereocenters. The Morgan fingerprint density at radius 3 is 2.74 bits per heavy atom. The van der Waals surface area contributed by atoms with Gasteiger partial charge in [-0.05, 0) is 63.4 Å². The van der Waals surface area contributed by atoms with Gasteiger partial charge in [-0.3, -0.25) is 0 Å². The zero-order chi connectivity index (χ0) is 15.5. The van der Waals surface area contributed by atoms with Crippen LogP contribution in [0.3, 0.4) is 0 Å². The molecule has 4 bridgehead atoms. The van der Waals surface area contributed by atoms with Gasteiger partial charge >= 0.3 is 0 Å². The molecule has 0 saturated heterocycles. The number of aryl methyl sites for hydroxylation is 1. The molecular weight excluding hydrogens is 288 g/mol. The standard InChI is InChI=1S/C17H22N6/c1-12-19-3-2-15(21-12)22-16-5-13-4-14(6-16)8-17(7-13,9-16)23-11-18-10-20-23/h2-3,10-11,13-14H,4-9H2,1H3,(H,19,21,22). The van der Waals surface area contributed by atoms with Crippen molar-refractivity contribution in [3.63, 3.8) is 0 Å². The van der Waals surface area contributed by atoms with Crippen LogP contribution in [0, 0.1) is 18.8 Å². The van der Waals surface area contributed by atoms with E-state index in [1.54, 1.807) is 6.33 Å². The monoisotopic (exact) mass is 310 g/mol. The number of aromatic nitrogens is 5. The van der Waals surface area contributed by atoms with Crippen molar-refractivity contribution in [2.24, 2.45) is 11.8 Å². The van der Waals surface area contributed by atoms with Gasteiger partial charge in [-0.15, -0.1) is 0 Å². The Bertz CT molecular complexity index is 710. The summed E-state index contributed by atoms with van der Waals surface area (Å²) in [6.07, 6.45) is 12.9. The molecule has 0 aromatic carbocycles. The average molecular weight is 310 g/mol. The molecule has 0 aliphatic heterocycles. The maximum atomic E-state index is 4.58. The molecule has 6 heteroatoms. The Morgan fingerprint density at radius 1 is 1.22 bits per heavy atom. The van der Waals surface area contributed by atoms with Crippen LogP contribution in [0.1, 0.15) is 44.3 Å². The summed E-state index contributed by atoms with van der Waals surface area (Å²) in [6, 6.07) is 1.99. The second kappa shape index (κ2) is 4.52. The molecule has 120 valence electrons. The van der Waals surface area contributed by atoms with Crippen LogP contribution in [0.4, 0.5) is 5.82 Å². The topological polar surface area (TPSA) is 68.5 Å². The number of hydrogen-bond acceptors (Lipinski definition) is 5. The second-order valence-corrected chi connectivity index (χ2v) is 7.92. The van der Waals surface area contributed by atoms with Crippen LogP contribution in [0.15, 0.2) is 24.9 Å². The van der Waals surface area contributed by atoms with E-state index in [9.17, 15) is 0 Å². The van der Waals surface area contributed by atoms with Crippen molar-refractivity contribution in [3.05, 3.63) is 30.7 Å². The van der Waals surface area contributed by atoms with Gasteiger partial charge < -0.3 is 5.32 Å². The number of nitrogens with zero attached hydrogens (tertiary/aromatic N) is 5. The molecule has 4 fully saturated rings. The predicted molar refractivity (Wildman–Crippen MR) is 85.8 cm³/mol. The normalized spacial score (nSPS) is 38.0. The third kappa shape index (κ3) is 2.07. The lowest BCUT2D eigenvalue weighted by Gasteiger charge is -2.62. The quantitative estimate of drug-likeness (QED) is 0.943. The minimum absolute atomic E-state index is 0.148. The van der Waals surface area contributed by atoms with Gasteiger partial charge in [0.15, 0.2) is 0 Å². The van der Waals surface area contributed by atoms with Crippen LogP contribution in [0.5, 0.6) is 0 Å². The molecule has 0 radical (unpaired) electrons. The molecule has 0 amide bonds. The van der Waals surface area contributed by atoms with Gasteiger partial charge in [0, 0.05) is 11.7 Å². The minimum Gasteiger partial charge on any atom is -0.364 e. The Hall–Kier alpha value is -1.98. The fourth-order valence-corrected chi connectivity index (χ4v) is 5.88. The Kier molecular flexibility index (Phi) is 2.65. The van der Waals surface area contributed by atoms with Crippen LogP contribution in [0.2, 0.25) is 0 Å². The second-order valence-electron chi connectivity index (χ2n) is 7.92. The van der Waals surface area contributed by atoms with Crippen molar-refractivity contribution in [1.82, 2.24) is 24.7 Å². The van der Waals surface area contributed by atoms with Gasteiger partial charge in [0.1, 0.15) is 24.3 Å². The van der Waals surface area contributed by atoms with Gasteiger partial charge in [0.05, 0.1) is 5.54 Å². The lowest BCUT2D eigenvalue weighted by atomic mass is 9.50. The third-order valence-corrected chi connectivity index (χ3v) is 6.10. The highest BCUT2D eigenvalue weighted by Crippen LogP contribution is 2.60. The third-order valence-electron chi connectivity index (χ3n) is 6.10. The van der Waals surface area contributed by atoms with Crippen molar-refractivity contribution < 1.29 is 0 Å². The van der Waals surface area contributed by atoms with Crippen molar-refractivity contribution in [2.75, 3.05) is 5.32 Å². The SMILES string of the molecule is Cc1nccc(NC23CC4CC(C2)CC(n2cncn2)(C4)C3)n1. The number of anilines is 1. The Labute approximate surface area is 135 Å². The number of rotatable bonds is 3. The van der Waals surface area contributed by atoms with E-state index in [0.717, 1.165) is 29.9 Å². The molecule has 6 nitrogen and oxygen atoms in total. The zero-order valence-corrected chi connectivity index (χ0v) is 13.4. The first-order chi connectivity index (χ1) is 11.1. The predicted octanol–water partition coefficient (Wildman–Crippen LogP) is 2.54. The summed E-state index contributed by atoms with van der Waals surface area (Å²) in [7, 11) is 0. The molecule has 23 heavy (non-hydrogen) atoms. The number of hydrogen-bond donors (Lipinski definition) is 1. The van der Waals surface area contributed by atoms with Crippen molar-refractivity contribution in [2.45, 2.75) is 56.5 Å². The van der Waals surface area contributed by atoms with E-state index in [-0.39, 0.29) is 11.1 Å². The molecule has 6 rings (SSSR count). The highest BCUT2D eigenvalue weighted by atomic mass is 15.4. The Balaban J connectivity index is 1.51. The van der Waals surface area contributed by atoms with E-state index in [0.29, 0.717) is 0 Å². The van der Waals surface area contributed by atoms with Gasteiger partial charge in [-0.1, -0.05) is 0 Å². The van der Waals surface area contributed by atoms with E-state index in [1.807, 2.05) is 25.5 Å². The molecule has 2 aromatic heterocycles. The molecule has 4 aliphatic carbocycles. The smallest absolute Gasteiger partial charge is 0.137 e. The van der Waals surface area contributed by atoms with Crippen LogP contribution in [0.25, 0.3) is 0 Å². The minimum atomic E-state index is 0.148. The van der Waals surface area contributed by atoms with Crippen LogP contribution < -0.4 is 5.32 Å². The van der Waals surface area contributed by atoms with Gasteiger partial charge in [-0.2, -0.15) is 5.10 Å². The number of nitrogens with one attached hydrogen (secondary N) is 1. The first-order valence-electron chi connectivity index (χ1n) is 8.58. The summed E-state index contributed by atoms with van der Waals surface area (Å²) >= 11 is 0. The highest BCUT2D eigenvalue weighted by Gasteiger charge is 2.59. The zero-order valence-electron chi connectivity index (χ0n) is 13.4. The molecule has 0 spiro atoms. The molecule has 2 atom stereocenters. The Morgan fingerprint density at radius 2 is 2.04 bits per heavy atom. The largest absolute Gasteiger partial charge is 0.364 e. The molecule has 2 aromatic rings. The first kappa shape index (κ1) is 13.5. The maximum Gasteiger partial charge on any atom is 0.137 e. The van der Waals surface area contributed by atoms with E-state index >= 15 is 0 Å². The highest BCUT2D eigenvalue weighted by molar-refractivity contribution is 5.39. The summed E-state index contributed by atoms with van der Waals surface area (Å²) in [5.41, 5.74) is 0.298. The molecule has 4 aliphatic rings. The molecule has 1 N–H and O–H groups in total. The lowest BCUT2D eigenvalue weighted by molar-refractivity contribution is -0.0558. The molecule has 2 heterocycles. The van der Waals surface area contributed by atoms with Crippen LogP contribution in [-0.4, -0.2) is 30.3 Å². The van der Waals surface area contributed by atoms with E-state index < -0.39 is 0 Å².